The lowest BCUT2D eigenvalue weighted by atomic mass is 9.94. The minimum absolute atomic E-state index is 0.0286. The van der Waals surface area contributed by atoms with Crippen LogP contribution in [-0.4, -0.2) is 25.2 Å². The number of aliphatic hydroxyl groups is 1. The van der Waals surface area contributed by atoms with E-state index in [1.54, 1.807) is 26.8 Å². The first-order valence-corrected chi connectivity index (χ1v) is 7.04. The van der Waals surface area contributed by atoms with Gasteiger partial charge in [0, 0.05) is 0 Å². The fourth-order valence-corrected chi connectivity index (χ4v) is 3.27. The van der Waals surface area contributed by atoms with Crippen LogP contribution in [0.4, 0.5) is 0 Å². The Kier molecular flexibility index (Phi) is 3.83. The summed E-state index contributed by atoms with van der Waals surface area (Å²) in [6.07, 6.45) is 0. The highest BCUT2D eigenvalue weighted by atomic mass is 32.2. The third-order valence-corrected chi connectivity index (χ3v) is 4.39. The zero-order valence-corrected chi connectivity index (χ0v) is 11.4. The maximum Gasteiger partial charge on any atom is 0.233 e. The molecule has 0 aromatic heterocycles. The van der Waals surface area contributed by atoms with E-state index in [4.69, 9.17) is 5.73 Å². The molecule has 6 heteroatoms. The monoisotopic (exact) mass is 271 g/mol. The third kappa shape index (κ3) is 3.08. The number of rotatable bonds is 4. The van der Waals surface area contributed by atoms with Crippen LogP contribution in [0.2, 0.25) is 0 Å². The van der Waals surface area contributed by atoms with Gasteiger partial charge in [-0.15, -0.1) is 0 Å². The normalized spacial score (nSPS) is 12.4. The van der Waals surface area contributed by atoms with Gasteiger partial charge in [-0.05, 0) is 38.0 Å². The van der Waals surface area contributed by atoms with Gasteiger partial charge in [0.05, 0.1) is 10.5 Å². The second-order valence-corrected chi connectivity index (χ2v) is 6.67. The predicted molar refractivity (Wildman–Crippen MR) is 67.7 cm³/mol. The maximum absolute atomic E-state index is 12.0. The van der Waals surface area contributed by atoms with Gasteiger partial charge in [0.1, 0.15) is 5.75 Å². The van der Waals surface area contributed by atoms with Gasteiger partial charge in [-0.2, -0.15) is 0 Å². The predicted octanol–water partition coefficient (Wildman–Crippen LogP) is 0.481. The number of benzene rings is 1. The number of hydrogen-bond acceptors (Lipinski definition) is 4. The highest BCUT2D eigenvalue weighted by molar-refractivity contribution is 7.92. The van der Waals surface area contributed by atoms with Crippen molar-refractivity contribution in [3.63, 3.8) is 0 Å². The van der Waals surface area contributed by atoms with Crippen LogP contribution in [0.25, 0.3) is 0 Å². The van der Waals surface area contributed by atoms with Gasteiger partial charge >= 0.3 is 0 Å². The lowest BCUT2D eigenvalue weighted by Gasteiger charge is -2.21. The molecule has 1 rings (SSSR count). The largest absolute Gasteiger partial charge is 0.386 e. The van der Waals surface area contributed by atoms with E-state index in [-0.39, 0.29) is 4.90 Å². The minimum atomic E-state index is -3.76. The van der Waals surface area contributed by atoms with Gasteiger partial charge in [-0.25, -0.2) is 8.42 Å². The van der Waals surface area contributed by atoms with E-state index >= 15 is 0 Å². The van der Waals surface area contributed by atoms with Crippen molar-refractivity contribution in [1.29, 1.82) is 0 Å². The number of amides is 1. The Morgan fingerprint density at radius 1 is 1.39 bits per heavy atom. The Morgan fingerprint density at radius 2 is 1.94 bits per heavy atom. The summed E-state index contributed by atoms with van der Waals surface area (Å²) in [4.78, 5) is 10.8. The molecule has 0 saturated heterocycles. The van der Waals surface area contributed by atoms with Crippen LogP contribution < -0.4 is 5.73 Å². The van der Waals surface area contributed by atoms with Crippen molar-refractivity contribution < 1.29 is 18.3 Å². The van der Waals surface area contributed by atoms with Crippen molar-refractivity contribution in [3.8, 4) is 0 Å². The summed E-state index contributed by atoms with van der Waals surface area (Å²) in [5.74, 6) is -1.63. The molecule has 0 unspecified atom stereocenters. The molecule has 0 atom stereocenters. The van der Waals surface area contributed by atoms with E-state index in [0.717, 1.165) is 0 Å². The first-order chi connectivity index (χ1) is 8.05. The Labute approximate surface area is 107 Å². The van der Waals surface area contributed by atoms with Crippen LogP contribution in [0, 0.1) is 6.92 Å². The van der Waals surface area contributed by atoms with Crippen LogP contribution in [0.3, 0.4) is 0 Å². The fourth-order valence-electron chi connectivity index (χ4n) is 1.88. The summed E-state index contributed by atoms with van der Waals surface area (Å²) in [7, 11) is -3.76. The molecule has 5 nitrogen and oxygen atoms in total. The fraction of sp³-hybridized carbons (Fsp3) is 0.417. The lowest BCUT2D eigenvalue weighted by molar-refractivity contribution is -0.115. The molecule has 100 valence electrons. The highest BCUT2D eigenvalue weighted by Gasteiger charge is 2.25. The van der Waals surface area contributed by atoms with Crippen molar-refractivity contribution >= 4 is 15.7 Å². The second-order valence-electron chi connectivity index (χ2n) is 4.71. The van der Waals surface area contributed by atoms with Crippen molar-refractivity contribution in [3.05, 3.63) is 29.3 Å². The molecular formula is C12H17NO4S. The topological polar surface area (TPSA) is 97.5 Å². The highest BCUT2D eigenvalue weighted by Crippen LogP contribution is 2.28. The quantitative estimate of drug-likeness (QED) is 0.832. The number of carbonyl (C=O) groups is 1. The molecule has 0 radical (unpaired) electrons. The zero-order chi connectivity index (χ0) is 14.1. The van der Waals surface area contributed by atoms with Crippen LogP contribution in [-0.2, 0) is 20.2 Å². The molecule has 1 amide bonds. The molecule has 0 aliphatic rings. The molecule has 0 heterocycles. The molecule has 1 aromatic rings. The number of carbonyl (C=O) groups excluding carboxylic acids is 1. The Morgan fingerprint density at radius 3 is 2.39 bits per heavy atom. The molecule has 3 N–H and O–H groups in total. The molecule has 0 aliphatic carbocycles. The molecule has 1 aromatic carbocycles. The summed E-state index contributed by atoms with van der Waals surface area (Å²) in [5.41, 5.74) is 4.72. The number of nitrogens with two attached hydrogens (primary N) is 1. The lowest BCUT2D eigenvalue weighted by Crippen LogP contribution is -2.25. The summed E-state index contributed by atoms with van der Waals surface area (Å²) in [6, 6.07) is 4.59. The Hall–Kier alpha value is -1.40. The van der Waals surface area contributed by atoms with E-state index in [0.29, 0.717) is 11.1 Å². The minimum Gasteiger partial charge on any atom is -0.386 e. The van der Waals surface area contributed by atoms with Gasteiger partial charge in [0.25, 0.3) is 0 Å². The van der Waals surface area contributed by atoms with Gasteiger partial charge in [-0.3, -0.25) is 4.79 Å². The number of hydrogen-bond donors (Lipinski definition) is 2. The van der Waals surface area contributed by atoms with Crippen LogP contribution in [0.15, 0.2) is 23.1 Å². The summed E-state index contributed by atoms with van der Waals surface area (Å²) in [5, 5.41) is 9.96. The van der Waals surface area contributed by atoms with E-state index in [1.165, 1.54) is 12.1 Å². The molecular weight excluding hydrogens is 254 g/mol. The smallest absolute Gasteiger partial charge is 0.233 e. The summed E-state index contributed by atoms with van der Waals surface area (Å²) in [6.45, 7) is 4.74. The Balaban J connectivity index is 3.41. The third-order valence-electron chi connectivity index (χ3n) is 2.61. The summed E-state index contributed by atoms with van der Waals surface area (Å²) < 4.78 is 23.9. The van der Waals surface area contributed by atoms with Crippen molar-refractivity contribution in [2.75, 3.05) is 5.75 Å². The van der Waals surface area contributed by atoms with Gasteiger partial charge in [0.2, 0.25) is 5.91 Å². The molecule has 0 bridgehead atoms. The standard InChI is InChI=1S/C12H17NO4S/c1-8-9(12(2,3)15)5-4-6-10(8)18(16,17)7-11(13)14/h4-6,15H,7H2,1-3H3,(H2,13,14). The molecule has 0 spiro atoms. The number of primary amides is 1. The van der Waals surface area contributed by atoms with E-state index in [2.05, 4.69) is 0 Å². The van der Waals surface area contributed by atoms with Gasteiger partial charge in [-0.1, -0.05) is 12.1 Å². The zero-order valence-electron chi connectivity index (χ0n) is 10.6. The molecule has 0 aliphatic heterocycles. The van der Waals surface area contributed by atoms with Crippen LogP contribution in [0.1, 0.15) is 25.0 Å². The van der Waals surface area contributed by atoms with Gasteiger partial charge in [0.15, 0.2) is 9.84 Å². The van der Waals surface area contributed by atoms with Crippen molar-refractivity contribution in [1.82, 2.24) is 0 Å². The summed E-state index contributed by atoms with van der Waals surface area (Å²) >= 11 is 0. The van der Waals surface area contributed by atoms with Crippen LogP contribution >= 0.6 is 0 Å². The Bertz CT molecular complexity index is 570. The van der Waals surface area contributed by atoms with E-state index in [9.17, 15) is 18.3 Å². The molecule has 0 saturated carbocycles. The molecule has 18 heavy (non-hydrogen) atoms. The average Bonchev–Trinajstić information content (AvgIpc) is 2.13. The first kappa shape index (κ1) is 14.7. The van der Waals surface area contributed by atoms with E-state index in [1.807, 2.05) is 0 Å². The van der Waals surface area contributed by atoms with Crippen molar-refractivity contribution in [2.45, 2.75) is 31.3 Å². The van der Waals surface area contributed by atoms with E-state index < -0.39 is 27.1 Å². The van der Waals surface area contributed by atoms with Crippen molar-refractivity contribution in [2.24, 2.45) is 5.73 Å². The average molecular weight is 271 g/mol. The second kappa shape index (κ2) is 4.70. The SMILES string of the molecule is Cc1c(C(C)(C)O)cccc1S(=O)(=O)CC(N)=O. The number of sulfone groups is 1. The maximum atomic E-state index is 12.0. The molecule has 0 fully saturated rings. The van der Waals surface area contributed by atoms with Crippen LogP contribution in [0.5, 0.6) is 0 Å². The first-order valence-electron chi connectivity index (χ1n) is 5.39. The van der Waals surface area contributed by atoms with Gasteiger partial charge < -0.3 is 10.8 Å².